The number of aromatic amines is 1. The van der Waals surface area contributed by atoms with E-state index in [9.17, 15) is 14.4 Å². The number of amides is 2. The molecule has 2 unspecified atom stereocenters. The monoisotopic (exact) mass is 430 g/mol. The van der Waals surface area contributed by atoms with Crippen molar-refractivity contribution in [2.45, 2.75) is 31.3 Å². The fraction of sp³-hybridized carbons (Fsp3) is 0.429. The maximum absolute atomic E-state index is 13.2. The number of H-pyrrole nitrogens is 1. The van der Waals surface area contributed by atoms with Gasteiger partial charge in [0.2, 0.25) is 0 Å². The van der Waals surface area contributed by atoms with Crippen LogP contribution in [0.15, 0.2) is 30.6 Å². The van der Waals surface area contributed by atoms with Crippen molar-refractivity contribution in [3.63, 3.8) is 0 Å². The molecule has 0 bridgehead atoms. The molecule has 2 atom stereocenters. The predicted molar refractivity (Wildman–Crippen MR) is 109 cm³/mol. The summed E-state index contributed by atoms with van der Waals surface area (Å²) in [4.78, 5) is 46.1. The Kier molecular flexibility index (Phi) is 7.11. The number of imidazole rings is 1. The van der Waals surface area contributed by atoms with Crippen LogP contribution in [0.5, 0.6) is 5.75 Å². The number of urea groups is 1. The molecule has 2 N–H and O–H groups in total. The minimum atomic E-state index is -0.983. The van der Waals surface area contributed by atoms with Gasteiger partial charge in [-0.1, -0.05) is 12.1 Å². The molecule has 1 aromatic heterocycles. The van der Waals surface area contributed by atoms with Gasteiger partial charge in [0, 0.05) is 25.1 Å². The van der Waals surface area contributed by atoms with E-state index in [-0.39, 0.29) is 12.8 Å². The zero-order valence-corrected chi connectivity index (χ0v) is 17.7. The van der Waals surface area contributed by atoms with Gasteiger partial charge in [0.05, 0.1) is 33.4 Å². The third-order valence-corrected chi connectivity index (χ3v) is 5.24. The van der Waals surface area contributed by atoms with E-state index in [1.165, 1.54) is 14.2 Å². The van der Waals surface area contributed by atoms with Crippen molar-refractivity contribution in [3.05, 3.63) is 47.5 Å². The summed E-state index contributed by atoms with van der Waals surface area (Å²) in [6, 6.07) is 5.51. The summed E-state index contributed by atoms with van der Waals surface area (Å²) < 4.78 is 14.8. The molecule has 166 valence electrons. The number of carbonyl (C=O) groups excluding carboxylic acids is 3. The van der Waals surface area contributed by atoms with E-state index in [0.717, 1.165) is 17.0 Å². The smallest absolute Gasteiger partial charge is 0.328 e. The number of rotatable bonds is 7. The van der Waals surface area contributed by atoms with Gasteiger partial charge in [0.15, 0.2) is 0 Å². The second-order valence-corrected chi connectivity index (χ2v) is 7.03. The van der Waals surface area contributed by atoms with Crippen molar-refractivity contribution in [2.75, 3.05) is 27.9 Å². The third kappa shape index (κ3) is 4.96. The summed E-state index contributed by atoms with van der Waals surface area (Å²) in [6.07, 6.45) is 2.23. The van der Waals surface area contributed by atoms with Gasteiger partial charge in [0.25, 0.3) is 0 Å². The highest BCUT2D eigenvalue weighted by molar-refractivity contribution is 5.84. The lowest BCUT2D eigenvalue weighted by Gasteiger charge is -2.36. The average molecular weight is 430 g/mol. The molecule has 1 aliphatic rings. The minimum absolute atomic E-state index is 0.0284. The molecule has 0 saturated carbocycles. The van der Waals surface area contributed by atoms with Crippen molar-refractivity contribution in [2.24, 2.45) is 0 Å². The highest BCUT2D eigenvalue weighted by atomic mass is 16.5. The van der Waals surface area contributed by atoms with Crippen LogP contribution in [0.3, 0.4) is 0 Å². The summed E-state index contributed by atoms with van der Waals surface area (Å²) in [6.45, 7) is 0.411. The SMILES string of the molecule is COC(=O)CCC(NC(=O)N1CCc2[nH]cnc2C1c1cccc(OC)c1)C(=O)OC. The molecule has 10 nitrogen and oxygen atoms in total. The van der Waals surface area contributed by atoms with E-state index in [4.69, 9.17) is 9.47 Å². The predicted octanol–water partition coefficient (Wildman–Crippen LogP) is 1.57. The van der Waals surface area contributed by atoms with Crippen molar-refractivity contribution in [1.82, 2.24) is 20.2 Å². The molecule has 1 aliphatic heterocycles. The molecule has 0 saturated heterocycles. The fourth-order valence-electron chi connectivity index (χ4n) is 3.63. The Morgan fingerprint density at radius 2 is 2.06 bits per heavy atom. The van der Waals surface area contributed by atoms with E-state index in [0.29, 0.717) is 18.7 Å². The highest BCUT2D eigenvalue weighted by Crippen LogP contribution is 2.34. The van der Waals surface area contributed by atoms with E-state index < -0.39 is 30.1 Å². The van der Waals surface area contributed by atoms with Crippen LogP contribution in [0.4, 0.5) is 4.79 Å². The Morgan fingerprint density at radius 1 is 1.26 bits per heavy atom. The molecule has 31 heavy (non-hydrogen) atoms. The number of aromatic nitrogens is 2. The van der Waals surface area contributed by atoms with Gasteiger partial charge >= 0.3 is 18.0 Å². The number of benzene rings is 1. The van der Waals surface area contributed by atoms with Crippen molar-refractivity contribution >= 4 is 18.0 Å². The first-order chi connectivity index (χ1) is 15.0. The summed E-state index contributed by atoms with van der Waals surface area (Å²) >= 11 is 0. The average Bonchev–Trinajstić information content (AvgIpc) is 3.29. The molecule has 0 spiro atoms. The summed E-state index contributed by atoms with van der Waals surface area (Å²) in [7, 11) is 4.07. The maximum Gasteiger partial charge on any atom is 0.328 e. The number of nitrogens with one attached hydrogen (secondary N) is 2. The normalized spacial score (nSPS) is 16.1. The number of hydrogen-bond acceptors (Lipinski definition) is 7. The van der Waals surface area contributed by atoms with Crippen LogP contribution < -0.4 is 10.1 Å². The number of nitrogens with zero attached hydrogens (tertiary/aromatic N) is 2. The van der Waals surface area contributed by atoms with Gasteiger partial charge in [0.1, 0.15) is 17.8 Å². The van der Waals surface area contributed by atoms with Crippen LogP contribution in [0.1, 0.15) is 35.8 Å². The molecule has 10 heteroatoms. The topological polar surface area (TPSA) is 123 Å². The Balaban J connectivity index is 1.86. The summed E-state index contributed by atoms with van der Waals surface area (Å²) in [5, 5.41) is 2.70. The van der Waals surface area contributed by atoms with Gasteiger partial charge in [-0.15, -0.1) is 0 Å². The number of esters is 2. The molecule has 2 aromatic rings. The Hall–Kier alpha value is -3.56. The molecule has 3 rings (SSSR count). The molecule has 0 aliphatic carbocycles. The first-order valence-corrected chi connectivity index (χ1v) is 9.86. The van der Waals surface area contributed by atoms with Crippen LogP contribution >= 0.6 is 0 Å². The number of methoxy groups -OCH3 is 3. The summed E-state index contributed by atoms with van der Waals surface area (Å²) in [5.74, 6) is -0.449. The Labute approximate surface area is 179 Å². The molecule has 1 aromatic carbocycles. The Morgan fingerprint density at radius 3 is 2.77 bits per heavy atom. The third-order valence-electron chi connectivity index (χ3n) is 5.24. The lowest BCUT2D eigenvalue weighted by molar-refractivity contribution is -0.144. The molecular weight excluding hydrogens is 404 g/mol. The first-order valence-electron chi connectivity index (χ1n) is 9.86. The van der Waals surface area contributed by atoms with E-state index >= 15 is 0 Å². The van der Waals surface area contributed by atoms with Gasteiger partial charge in [-0.05, 0) is 24.1 Å². The number of ether oxygens (including phenoxy) is 3. The van der Waals surface area contributed by atoms with Crippen LogP contribution in [-0.2, 0) is 25.5 Å². The van der Waals surface area contributed by atoms with E-state index in [2.05, 4.69) is 20.0 Å². The van der Waals surface area contributed by atoms with E-state index in [1.54, 1.807) is 18.3 Å². The standard InChI is InChI=1S/C21H26N4O6/c1-29-14-6-4-5-13(11-14)19-18-15(22-12-23-18)9-10-25(19)21(28)24-16(20(27)31-3)7-8-17(26)30-2/h4-6,11-12,16,19H,7-10H2,1-3H3,(H,22,23)(H,24,28). The lowest BCUT2D eigenvalue weighted by atomic mass is 9.95. The van der Waals surface area contributed by atoms with Gasteiger partial charge < -0.3 is 29.4 Å². The van der Waals surface area contributed by atoms with Gasteiger partial charge in [-0.2, -0.15) is 0 Å². The number of hydrogen-bond donors (Lipinski definition) is 2. The van der Waals surface area contributed by atoms with E-state index in [1.807, 2.05) is 24.3 Å². The zero-order chi connectivity index (χ0) is 22.4. The Bertz CT molecular complexity index is 943. The largest absolute Gasteiger partial charge is 0.497 e. The lowest BCUT2D eigenvalue weighted by Crippen LogP contribution is -2.51. The quantitative estimate of drug-likeness (QED) is 0.639. The minimum Gasteiger partial charge on any atom is -0.497 e. The molecular formula is C21H26N4O6. The molecule has 2 heterocycles. The second-order valence-electron chi connectivity index (χ2n) is 7.03. The zero-order valence-electron chi connectivity index (χ0n) is 17.7. The fourth-order valence-corrected chi connectivity index (χ4v) is 3.63. The second kappa shape index (κ2) is 9.96. The van der Waals surface area contributed by atoms with Crippen molar-refractivity contribution < 1.29 is 28.6 Å². The number of fused-ring (bicyclic) bond motifs is 1. The van der Waals surface area contributed by atoms with Crippen molar-refractivity contribution in [3.8, 4) is 5.75 Å². The van der Waals surface area contributed by atoms with Crippen LogP contribution in [0, 0.1) is 0 Å². The maximum atomic E-state index is 13.2. The molecule has 0 fully saturated rings. The van der Waals surface area contributed by atoms with Gasteiger partial charge in [-0.25, -0.2) is 14.6 Å². The number of carbonyl (C=O) groups is 3. The summed E-state index contributed by atoms with van der Waals surface area (Å²) in [5.41, 5.74) is 2.51. The highest BCUT2D eigenvalue weighted by Gasteiger charge is 2.36. The first kappa shape index (κ1) is 22.1. The van der Waals surface area contributed by atoms with Crippen LogP contribution in [-0.4, -0.2) is 66.8 Å². The van der Waals surface area contributed by atoms with Gasteiger partial charge in [-0.3, -0.25) is 4.79 Å². The molecule has 0 radical (unpaired) electrons. The molecule has 2 amide bonds. The van der Waals surface area contributed by atoms with Crippen molar-refractivity contribution in [1.29, 1.82) is 0 Å². The van der Waals surface area contributed by atoms with Crippen LogP contribution in [0.25, 0.3) is 0 Å². The van der Waals surface area contributed by atoms with Crippen LogP contribution in [0.2, 0.25) is 0 Å².